The average Bonchev–Trinajstić information content (AvgIpc) is 3.34. The third kappa shape index (κ3) is 6.03. The molecule has 0 saturated heterocycles. The molecule has 1 fully saturated rings. The second-order valence-electron chi connectivity index (χ2n) is 7.79. The molecule has 170 valence electrons. The van der Waals surface area contributed by atoms with Gasteiger partial charge in [-0.1, -0.05) is 24.6 Å². The van der Waals surface area contributed by atoms with Gasteiger partial charge in [0.25, 0.3) is 0 Å². The number of rotatable bonds is 8. The van der Waals surface area contributed by atoms with Crippen molar-refractivity contribution in [2.45, 2.75) is 44.4 Å². The first-order valence-corrected chi connectivity index (χ1v) is 10.8. The fourth-order valence-electron chi connectivity index (χ4n) is 3.81. The van der Waals surface area contributed by atoms with E-state index in [1.165, 1.54) is 12.1 Å². The molecule has 0 radical (unpaired) electrons. The highest BCUT2D eigenvalue weighted by molar-refractivity contribution is 5.87. The Morgan fingerprint density at radius 2 is 2.00 bits per heavy atom. The van der Waals surface area contributed by atoms with Gasteiger partial charge in [-0.3, -0.25) is 4.98 Å². The van der Waals surface area contributed by atoms with Crippen LogP contribution in [0.15, 0.2) is 67.1 Å². The fraction of sp³-hybridized carbons (Fsp3) is 0.292. The molecular formula is C24H24N4O5. The number of nitrogens with zero attached hydrogens (tertiary/aromatic N) is 4. The highest BCUT2D eigenvalue weighted by Crippen LogP contribution is 2.31. The summed E-state index contributed by atoms with van der Waals surface area (Å²) in [6.45, 7) is 0.428. The third-order valence-electron chi connectivity index (χ3n) is 5.48. The number of pyridine rings is 1. The van der Waals surface area contributed by atoms with Crippen LogP contribution < -0.4 is 4.74 Å². The normalized spacial score (nSPS) is 18.2. The second-order valence-corrected chi connectivity index (χ2v) is 7.79. The lowest BCUT2D eigenvalue weighted by atomic mass is 9.92. The van der Waals surface area contributed by atoms with Gasteiger partial charge in [-0.05, 0) is 54.0 Å². The molecule has 1 aliphatic rings. The summed E-state index contributed by atoms with van der Waals surface area (Å²) in [5, 5.41) is 14.9. The quantitative estimate of drug-likeness (QED) is 0.216. The number of carbonyl (C=O) groups excluding carboxylic acids is 1. The van der Waals surface area contributed by atoms with Gasteiger partial charge >= 0.3 is 11.8 Å². The number of ether oxygens (including phenoxy) is 2. The summed E-state index contributed by atoms with van der Waals surface area (Å²) >= 11 is 0. The predicted octanol–water partition coefficient (Wildman–Crippen LogP) is 4.51. The van der Waals surface area contributed by atoms with Gasteiger partial charge in [-0.15, -0.1) is 0 Å². The van der Waals surface area contributed by atoms with E-state index in [1.807, 2.05) is 36.4 Å². The summed E-state index contributed by atoms with van der Waals surface area (Å²) in [6.07, 6.45) is 11.1. The molecule has 0 bridgehead atoms. The highest BCUT2D eigenvalue weighted by Gasteiger charge is 2.32. The number of nitro groups is 1. The highest BCUT2D eigenvalue weighted by atomic mass is 16.6. The van der Waals surface area contributed by atoms with Gasteiger partial charge in [-0.2, -0.15) is 4.68 Å². The Balaban J connectivity index is 1.32. The van der Waals surface area contributed by atoms with Crippen molar-refractivity contribution in [3.8, 4) is 5.75 Å². The van der Waals surface area contributed by atoms with Crippen LogP contribution in [0.25, 0.3) is 6.08 Å². The number of benzene rings is 1. The van der Waals surface area contributed by atoms with E-state index in [4.69, 9.17) is 9.47 Å². The topological polar surface area (TPSA) is 109 Å². The van der Waals surface area contributed by atoms with Crippen LogP contribution in [0.5, 0.6) is 5.75 Å². The van der Waals surface area contributed by atoms with Gasteiger partial charge in [0.05, 0.1) is 17.4 Å². The van der Waals surface area contributed by atoms with Crippen LogP contribution in [0.3, 0.4) is 0 Å². The molecule has 9 heteroatoms. The summed E-state index contributed by atoms with van der Waals surface area (Å²) in [7, 11) is 0. The Morgan fingerprint density at radius 1 is 1.18 bits per heavy atom. The first-order chi connectivity index (χ1) is 16.1. The average molecular weight is 448 g/mol. The van der Waals surface area contributed by atoms with E-state index in [-0.39, 0.29) is 18.0 Å². The molecule has 9 nitrogen and oxygen atoms in total. The van der Waals surface area contributed by atoms with Gasteiger partial charge in [0, 0.05) is 24.0 Å². The van der Waals surface area contributed by atoms with E-state index in [0.29, 0.717) is 13.0 Å². The second kappa shape index (κ2) is 10.5. The molecule has 3 aromatic rings. The lowest BCUT2D eigenvalue weighted by Gasteiger charge is -2.29. The third-order valence-corrected chi connectivity index (χ3v) is 5.48. The molecule has 2 aromatic heterocycles. The number of aromatic nitrogens is 3. The first-order valence-electron chi connectivity index (χ1n) is 10.8. The first kappa shape index (κ1) is 22.2. The molecular weight excluding hydrogens is 424 g/mol. The maximum Gasteiger partial charge on any atom is 0.389 e. The van der Waals surface area contributed by atoms with Gasteiger partial charge in [-0.25, -0.2) is 4.79 Å². The molecule has 0 spiro atoms. The van der Waals surface area contributed by atoms with Crippen molar-refractivity contribution in [3.63, 3.8) is 0 Å². The number of hydrogen-bond acceptors (Lipinski definition) is 7. The van der Waals surface area contributed by atoms with E-state index in [2.05, 4.69) is 10.1 Å². The SMILES string of the molecule is O=C(/C=C/c1ccc(OCc2cccnc2)cc1)OC1CCCCC1n1ccc([N+](=O)[O-])n1. The lowest BCUT2D eigenvalue weighted by molar-refractivity contribution is -0.389. The van der Waals surface area contributed by atoms with E-state index in [1.54, 1.807) is 29.3 Å². The van der Waals surface area contributed by atoms with Crippen molar-refractivity contribution in [2.24, 2.45) is 0 Å². The minimum atomic E-state index is -0.529. The largest absolute Gasteiger partial charge is 0.489 e. The Bertz CT molecular complexity index is 1110. The van der Waals surface area contributed by atoms with E-state index in [9.17, 15) is 14.9 Å². The maximum atomic E-state index is 12.4. The molecule has 2 atom stereocenters. The van der Waals surface area contributed by atoms with Gasteiger partial charge < -0.3 is 19.6 Å². The Hall–Kier alpha value is -4.01. The minimum absolute atomic E-state index is 0.207. The standard InChI is InChI=1S/C24H24N4O5/c29-24(33-22-6-2-1-5-21(22)27-15-13-23(26-27)28(30)31)12-9-18-7-10-20(11-8-18)32-17-19-4-3-14-25-16-19/h3-4,7-16,21-22H,1-2,5-6,17H2/b12-9+. The minimum Gasteiger partial charge on any atom is -0.489 e. The zero-order chi connectivity index (χ0) is 23.0. The van der Waals surface area contributed by atoms with Crippen LogP contribution in [-0.4, -0.2) is 31.8 Å². The molecule has 2 heterocycles. The van der Waals surface area contributed by atoms with Crippen LogP contribution in [0.2, 0.25) is 0 Å². The molecule has 1 aliphatic carbocycles. The smallest absolute Gasteiger partial charge is 0.389 e. The molecule has 1 saturated carbocycles. The molecule has 33 heavy (non-hydrogen) atoms. The Kier molecular flexibility index (Phi) is 7.09. The lowest BCUT2D eigenvalue weighted by Crippen LogP contribution is -2.32. The van der Waals surface area contributed by atoms with Gasteiger partial charge in [0.1, 0.15) is 24.5 Å². The molecule has 0 aliphatic heterocycles. The Labute approximate surface area is 190 Å². The fourth-order valence-corrected chi connectivity index (χ4v) is 3.81. The van der Waals surface area contributed by atoms with Crippen LogP contribution in [0, 0.1) is 10.1 Å². The van der Waals surface area contributed by atoms with Crippen LogP contribution >= 0.6 is 0 Å². The van der Waals surface area contributed by atoms with Crippen molar-refractivity contribution >= 4 is 17.9 Å². The van der Waals surface area contributed by atoms with Gasteiger partial charge in [0.15, 0.2) is 0 Å². The monoisotopic (exact) mass is 448 g/mol. The molecule has 0 amide bonds. The van der Waals surface area contributed by atoms with E-state index < -0.39 is 10.9 Å². The number of carbonyl (C=O) groups is 1. The number of esters is 1. The van der Waals surface area contributed by atoms with Crippen molar-refractivity contribution < 1.29 is 19.2 Å². The van der Waals surface area contributed by atoms with Crippen molar-refractivity contribution in [2.75, 3.05) is 0 Å². The van der Waals surface area contributed by atoms with Crippen LogP contribution in [-0.2, 0) is 16.1 Å². The molecule has 1 aromatic carbocycles. The maximum absolute atomic E-state index is 12.4. The molecule has 4 rings (SSSR count). The van der Waals surface area contributed by atoms with Crippen LogP contribution in [0.4, 0.5) is 5.82 Å². The Morgan fingerprint density at radius 3 is 2.73 bits per heavy atom. The zero-order valence-corrected chi connectivity index (χ0v) is 17.9. The predicted molar refractivity (Wildman–Crippen MR) is 120 cm³/mol. The summed E-state index contributed by atoms with van der Waals surface area (Å²) in [6, 6.07) is 12.3. The van der Waals surface area contributed by atoms with Crippen molar-refractivity contribution in [3.05, 3.63) is 88.4 Å². The summed E-state index contributed by atoms with van der Waals surface area (Å²) < 4.78 is 13.0. The van der Waals surface area contributed by atoms with Gasteiger partial charge in [0.2, 0.25) is 0 Å². The summed E-state index contributed by atoms with van der Waals surface area (Å²) in [4.78, 5) is 26.9. The van der Waals surface area contributed by atoms with Crippen molar-refractivity contribution in [1.29, 1.82) is 0 Å². The molecule has 0 N–H and O–H groups in total. The van der Waals surface area contributed by atoms with E-state index >= 15 is 0 Å². The summed E-state index contributed by atoms with van der Waals surface area (Å²) in [5.74, 6) is 0.0563. The summed E-state index contributed by atoms with van der Waals surface area (Å²) in [5.41, 5.74) is 1.82. The van der Waals surface area contributed by atoms with Crippen molar-refractivity contribution in [1.82, 2.24) is 14.8 Å². The van der Waals surface area contributed by atoms with Crippen LogP contribution in [0.1, 0.15) is 42.9 Å². The van der Waals surface area contributed by atoms with E-state index in [0.717, 1.165) is 36.1 Å². The zero-order valence-electron chi connectivity index (χ0n) is 17.9. The molecule has 2 unspecified atom stereocenters. The number of hydrogen-bond donors (Lipinski definition) is 0.